The molecule has 6 rings (SSSR count). The average molecular weight is 606 g/mol. The molecular formula is C34H31N5O2S2. The van der Waals surface area contributed by atoms with Gasteiger partial charge in [-0.15, -0.1) is 0 Å². The van der Waals surface area contributed by atoms with Gasteiger partial charge in [0.05, 0.1) is 22.7 Å². The molecular weight excluding hydrogens is 575 g/mol. The number of nitrogens with one attached hydrogen (secondary N) is 1. The predicted octanol–water partition coefficient (Wildman–Crippen LogP) is 8.34. The minimum atomic E-state index is -0.385. The van der Waals surface area contributed by atoms with Gasteiger partial charge in [-0.2, -0.15) is 0 Å². The lowest BCUT2D eigenvalue weighted by atomic mass is 9.96. The molecule has 1 aliphatic heterocycles. The second-order valence-electron chi connectivity index (χ2n) is 10.9. The number of hydrogen-bond acceptors (Lipinski definition) is 5. The molecule has 1 fully saturated rings. The van der Waals surface area contributed by atoms with Crippen LogP contribution < -0.4 is 10.2 Å². The van der Waals surface area contributed by atoms with Gasteiger partial charge < -0.3 is 14.8 Å². The van der Waals surface area contributed by atoms with E-state index in [0.29, 0.717) is 5.11 Å². The summed E-state index contributed by atoms with van der Waals surface area (Å²) >= 11 is 7.54. The van der Waals surface area contributed by atoms with Crippen LogP contribution in [0.15, 0.2) is 107 Å². The van der Waals surface area contributed by atoms with Crippen LogP contribution in [0, 0.1) is 37.8 Å². The van der Waals surface area contributed by atoms with Crippen molar-refractivity contribution in [3.8, 4) is 5.69 Å². The van der Waals surface area contributed by atoms with E-state index < -0.39 is 0 Å². The predicted molar refractivity (Wildman–Crippen MR) is 176 cm³/mol. The van der Waals surface area contributed by atoms with Crippen LogP contribution in [0.4, 0.5) is 11.4 Å². The van der Waals surface area contributed by atoms with Gasteiger partial charge in [-0.05, 0) is 123 Å². The Morgan fingerprint density at radius 2 is 1.51 bits per heavy atom. The third-order valence-electron chi connectivity index (χ3n) is 7.75. The summed E-state index contributed by atoms with van der Waals surface area (Å²) in [7, 11) is 0. The number of rotatable bonds is 7. The Labute approximate surface area is 260 Å². The highest BCUT2D eigenvalue weighted by Gasteiger charge is 2.42. The van der Waals surface area contributed by atoms with Crippen molar-refractivity contribution in [3.63, 3.8) is 0 Å². The number of thiocarbonyl (C=S) groups is 1. The molecule has 1 N–H and O–H groups in total. The Balaban J connectivity index is 1.38. The molecule has 216 valence electrons. The van der Waals surface area contributed by atoms with Crippen molar-refractivity contribution in [1.82, 2.24) is 14.9 Å². The number of benzene rings is 3. The maximum absolute atomic E-state index is 11.0. The van der Waals surface area contributed by atoms with Crippen LogP contribution in [0.1, 0.15) is 45.9 Å². The molecule has 0 aliphatic carbocycles. The number of non-ortho nitro benzene ring substituents is 1. The SMILES string of the molecule is Cc1cc(C)cc(-n2c(C)cc([C@@H]3[C@@H](c4ccccn4)NC(=S)N3c3ccc(Sc4ccc([N+](=O)[O-])cc4)cc3)c2C)c1. The van der Waals surface area contributed by atoms with Crippen molar-refractivity contribution < 1.29 is 4.92 Å². The monoisotopic (exact) mass is 605 g/mol. The zero-order chi connectivity index (χ0) is 30.2. The highest BCUT2D eigenvalue weighted by atomic mass is 32.2. The van der Waals surface area contributed by atoms with Crippen molar-refractivity contribution in [2.75, 3.05) is 4.90 Å². The zero-order valence-electron chi connectivity index (χ0n) is 24.3. The maximum atomic E-state index is 11.0. The third kappa shape index (κ3) is 5.66. The molecule has 1 aliphatic rings. The minimum absolute atomic E-state index is 0.0835. The van der Waals surface area contributed by atoms with Crippen molar-refractivity contribution in [3.05, 3.63) is 141 Å². The van der Waals surface area contributed by atoms with Crippen LogP contribution in [-0.2, 0) is 0 Å². The normalized spacial score (nSPS) is 16.4. The summed E-state index contributed by atoms with van der Waals surface area (Å²) < 4.78 is 2.33. The average Bonchev–Trinajstić information content (AvgIpc) is 3.48. The van der Waals surface area contributed by atoms with Crippen LogP contribution in [0.25, 0.3) is 5.69 Å². The molecule has 1 saturated heterocycles. The lowest BCUT2D eigenvalue weighted by molar-refractivity contribution is -0.384. The third-order valence-corrected chi connectivity index (χ3v) is 9.08. The van der Waals surface area contributed by atoms with Crippen LogP contribution in [0.5, 0.6) is 0 Å². The van der Waals surface area contributed by atoms with E-state index in [1.54, 1.807) is 23.9 Å². The van der Waals surface area contributed by atoms with Gasteiger partial charge in [0.2, 0.25) is 0 Å². The van der Waals surface area contributed by atoms with Crippen molar-refractivity contribution >= 4 is 40.5 Å². The highest BCUT2D eigenvalue weighted by molar-refractivity contribution is 7.99. The van der Waals surface area contributed by atoms with Gasteiger partial charge in [0, 0.05) is 50.9 Å². The largest absolute Gasteiger partial charge is 0.351 e. The lowest BCUT2D eigenvalue weighted by Crippen LogP contribution is -2.29. The molecule has 3 aromatic carbocycles. The quantitative estimate of drug-likeness (QED) is 0.114. The summed E-state index contributed by atoms with van der Waals surface area (Å²) in [6.07, 6.45) is 1.82. The fourth-order valence-electron chi connectivity index (χ4n) is 5.96. The Bertz CT molecular complexity index is 1800. The van der Waals surface area contributed by atoms with Crippen LogP contribution in [0.2, 0.25) is 0 Å². The van der Waals surface area contributed by atoms with E-state index in [9.17, 15) is 10.1 Å². The molecule has 0 spiro atoms. The van der Waals surface area contributed by atoms with Gasteiger partial charge in [-0.25, -0.2) is 0 Å². The molecule has 0 bridgehead atoms. The Morgan fingerprint density at radius 1 is 0.860 bits per heavy atom. The van der Waals surface area contributed by atoms with E-state index in [1.807, 2.05) is 24.4 Å². The van der Waals surface area contributed by atoms with Crippen molar-refractivity contribution in [1.29, 1.82) is 0 Å². The van der Waals surface area contributed by atoms with E-state index in [4.69, 9.17) is 17.2 Å². The van der Waals surface area contributed by atoms with Gasteiger partial charge in [0.1, 0.15) is 0 Å². The number of hydrogen-bond donors (Lipinski definition) is 1. The number of anilines is 1. The first kappa shape index (κ1) is 28.6. The van der Waals surface area contributed by atoms with Crippen LogP contribution >= 0.6 is 24.0 Å². The number of nitro benzene ring substituents is 1. The summed E-state index contributed by atoms with van der Waals surface area (Å²) in [4.78, 5) is 19.5. The molecule has 2 aromatic heterocycles. The fourth-order valence-corrected chi connectivity index (χ4v) is 7.12. The van der Waals surface area contributed by atoms with Crippen molar-refractivity contribution in [2.45, 2.75) is 49.6 Å². The second kappa shape index (κ2) is 11.7. The highest BCUT2D eigenvalue weighted by Crippen LogP contribution is 2.44. The molecule has 9 heteroatoms. The number of pyridine rings is 1. The van der Waals surface area contributed by atoms with E-state index in [-0.39, 0.29) is 22.7 Å². The Hall–Kier alpha value is -4.47. The fraction of sp³-hybridized carbons (Fsp3) is 0.176. The first-order valence-electron chi connectivity index (χ1n) is 14.0. The van der Waals surface area contributed by atoms with E-state index in [0.717, 1.165) is 38.2 Å². The summed E-state index contributed by atoms with van der Waals surface area (Å²) in [6, 6.07) is 29.5. The van der Waals surface area contributed by atoms with Gasteiger partial charge in [0.15, 0.2) is 5.11 Å². The summed E-state index contributed by atoms with van der Waals surface area (Å²) in [5.41, 5.74) is 9.11. The van der Waals surface area contributed by atoms with Crippen molar-refractivity contribution in [2.24, 2.45) is 0 Å². The maximum Gasteiger partial charge on any atom is 0.269 e. The van der Waals surface area contributed by atoms with E-state index >= 15 is 0 Å². The minimum Gasteiger partial charge on any atom is -0.351 e. The van der Waals surface area contributed by atoms with Crippen LogP contribution in [-0.4, -0.2) is 19.6 Å². The Morgan fingerprint density at radius 3 is 2.12 bits per heavy atom. The molecule has 0 unspecified atom stereocenters. The number of nitro groups is 1. The van der Waals surface area contributed by atoms with Gasteiger partial charge in [0.25, 0.3) is 5.69 Å². The second-order valence-corrected chi connectivity index (χ2v) is 12.4. The van der Waals surface area contributed by atoms with E-state index in [2.05, 4.69) is 91.0 Å². The molecule has 2 atom stereocenters. The van der Waals surface area contributed by atoms with Gasteiger partial charge in [-0.1, -0.05) is 23.9 Å². The molecule has 7 nitrogen and oxygen atoms in total. The van der Waals surface area contributed by atoms with Gasteiger partial charge in [-0.3, -0.25) is 15.1 Å². The van der Waals surface area contributed by atoms with Crippen LogP contribution in [0.3, 0.4) is 0 Å². The molecule has 0 amide bonds. The standard InChI is InChI=1S/C34H31N5O2S2/c1-21-17-22(2)19-27(18-21)37-23(3)20-30(24(37)4)33-32(31-7-5-6-16-35-31)36-34(42)38(33)25-8-12-28(13-9-25)43-29-14-10-26(11-15-29)39(40)41/h5-20,32-33H,1-4H3,(H,36,42)/t32-,33-/m1/s1. The lowest BCUT2D eigenvalue weighted by Gasteiger charge is -2.28. The summed E-state index contributed by atoms with van der Waals surface area (Å²) in [6.45, 7) is 8.60. The number of aromatic nitrogens is 2. The molecule has 5 aromatic rings. The van der Waals surface area contributed by atoms with Gasteiger partial charge >= 0.3 is 0 Å². The smallest absolute Gasteiger partial charge is 0.269 e. The topological polar surface area (TPSA) is 76.2 Å². The molecule has 0 radical (unpaired) electrons. The molecule has 0 saturated carbocycles. The number of aryl methyl sites for hydroxylation is 3. The summed E-state index contributed by atoms with van der Waals surface area (Å²) in [5, 5.41) is 15.2. The summed E-state index contributed by atoms with van der Waals surface area (Å²) in [5.74, 6) is 0. The molecule has 3 heterocycles. The Kier molecular flexibility index (Phi) is 7.77. The first-order valence-corrected chi connectivity index (χ1v) is 15.2. The molecule has 43 heavy (non-hydrogen) atoms. The number of nitrogens with zero attached hydrogens (tertiary/aromatic N) is 4. The van der Waals surface area contributed by atoms with E-state index in [1.165, 1.54) is 28.8 Å². The zero-order valence-corrected chi connectivity index (χ0v) is 25.9. The first-order chi connectivity index (χ1) is 20.7.